The van der Waals surface area contributed by atoms with Gasteiger partial charge < -0.3 is 14.6 Å². The topological polar surface area (TPSA) is 43.3 Å². The molecule has 1 N–H and O–H groups in total. The van der Waals surface area contributed by atoms with Gasteiger partial charge in [0, 0.05) is 29.5 Å². The molecule has 1 aliphatic rings. The molecule has 1 saturated carbocycles. The van der Waals surface area contributed by atoms with Crippen molar-refractivity contribution in [2.75, 3.05) is 13.7 Å². The highest BCUT2D eigenvalue weighted by atomic mass is 16.5. The molecular weight excluding hydrogens is 300 g/mol. The number of benzene rings is 1. The van der Waals surface area contributed by atoms with Crippen LogP contribution in [0.5, 0.6) is 5.75 Å². The molecule has 3 rings (SSSR count). The van der Waals surface area contributed by atoms with Crippen molar-refractivity contribution in [1.82, 2.24) is 9.88 Å². The van der Waals surface area contributed by atoms with Gasteiger partial charge in [-0.15, -0.1) is 0 Å². The van der Waals surface area contributed by atoms with E-state index in [1.54, 1.807) is 7.11 Å². The maximum atomic E-state index is 12.2. The lowest BCUT2D eigenvalue weighted by Crippen LogP contribution is -2.27. The number of aromatic nitrogens is 1. The normalized spacial score (nSPS) is 13.8. The molecule has 0 spiro atoms. The van der Waals surface area contributed by atoms with Crippen molar-refractivity contribution in [1.29, 1.82) is 0 Å². The van der Waals surface area contributed by atoms with Crippen molar-refractivity contribution in [3.63, 3.8) is 0 Å². The molecule has 1 aliphatic carbocycles. The Kier molecular flexibility index (Phi) is 4.93. The molecule has 1 amide bonds. The zero-order valence-corrected chi connectivity index (χ0v) is 14.8. The maximum Gasteiger partial charge on any atom is 0.224 e. The highest BCUT2D eigenvalue weighted by Crippen LogP contribution is 2.38. The van der Waals surface area contributed by atoms with Crippen LogP contribution in [0.4, 0.5) is 0 Å². The third-order valence-electron chi connectivity index (χ3n) is 4.76. The first-order chi connectivity index (χ1) is 11.6. The molecule has 4 nitrogen and oxygen atoms in total. The fourth-order valence-corrected chi connectivity index (χ4v) is 3.41. The van der Waals surface area contributed by atoms with E-state index >= 15 is 0 Å². The molecule has 1 aromatic carbocycles. The number of hydrogen-bond acceptors (Lipinski definition) is 2. The lowest BCUT2D eigenvalue weighted by Gasteiger charge is -2.10. The molecular formula is C20H26N2O2. The van der Waals surface area contributed by atoms with E-state index in [4.69, 9.17) is 4.74 Å². The largest absolute Gasteiger partial charge is 0.496 e. The van der Waals surface area contributed by atoms with E-state index in [0.29, 0.717) is 19.0 Å². The van der Waals surface area contributed by atoms with E-state index in [1.165, 1.54) is 29.8 Å². The van der Waals surface area contributed by atoms with Gasteiger partial charge in [-0.1, -0.05) is 18.2 Å². The SMILES string of the molecule is COc1ccccc1CC(=O)NCCc1cc(C)n(C2CC2)c1C. The number of nitrogens with zero attached hydrogens (tertiary/aromatic N) is 1. The Labute approximate surface area is 143 Å². The van der Waals surface area contributed by atoms with Crippen LogP contribution in [0.15, 0.2) is 30.3 Å². The van der Waals surface area contributed by atoms with Gasteiger partial charge in [0.25, 0.3) is 0 Å². The number of carbonyl (C=O) groups is 1. The second-order valence-corrected chi connectivity index (χ2v) is 6.59. The fraction of sp³-hybridized carbons (Fsp3) is 0.450. The quantitative estimate of drug-likeness (QED) is 0.848. The van der Waals surface area contributed by atoms with Crippen molar-refractivity contribution in [3.05, 3.63) is 52.8 Å². The zero-order chi connectivity index (χ0) is 17.1. The molecule has 0 aliphatic heterocycles. The summed E-state index contributed by atoms with van der Waals surface area (Å²) in [5.74, 6) is 0.802. The zero-order valence-electron chi connectivity index (χ0n) is 14.8. The van der Waals surface area contributed by atoms with Crippen molar-refractivity contribution < 1.29 is 9.53 Å². The first-order valence-electron chi connectivity index (χ1n) is 8.66. The summed E-state index contributed by atoms with van der Waals surface area (Å²) in [6, 6.07) is 10.6. The average Bonchev–Trinajstić information content (AvgIpc) is 3.35. The van der Waals surface area contributed by atoms with Crippen molar-refractivity contribution >= 4 is 5.91 Å². The number of aryl methyl sites for hydroxylation is 1. The highest BCUT2D eigenvalue weighted by molar-refractivity contribution is 5.79. The molecule has 1 fully saturated rings. The highest BCUT2D eigenvalue weighted by Gasteiger charge is 2.26. The standard InChI is InChI=1S/C20H26N2O2/c1-14-12-16(15(2)22(14)18-8-9-18)10-11-21-20(23)13-17-6-4-5-7-19(17)24-3/h4-7,12,18H,8-11,13H2,1-3H3,(H,21,23). The molecule has 4 heteroatoms. The third kappa shape index (κ3) is 3.64. The summed E-state index contributed by atoms with van der Waals surface area (Å²) in [5.41, 5.74) is 4.96. The Hall–Kier alpha value is -2.23. The van der Waals surface area contributed by atoms with Crippen LogP contribution in [0, 0.1) is 13.8 Å². The van der Waals surface area contributed by atoms with Gasteiger partial charge in [0.05, 0.1) is 13.5 Å². The van der Waals surface area contributed by atoms with E-state index in [1.807, 2.05) is 24.3 Å². The van der Waals surface area contributed by atoms with Gasteiger partial charge in [-0.3, -0.25) is 4.79 Å². The van der Waals surface area contributed by atoms with Crippen LogP contribution in [0.1, 0.15) is 41.4 Å². The van der Waals surface area contributed by atoms with Gasteiger partial charge in [-0.2, -0.15) is 0 Å². The molecule has 2 aromatic rings. The van der Waals surface area contributed by atoms with Crippen LogP contribution >= 0.6 is 0 Å². The van der Waals surface area contributed by atoms with Gasteiger partial charge >= 0.3 is 0 Å². The van der Waals surface area contributed by atoms with Gasteiger partial charge in [-0.25, -0.2) is 0 Å². The van der Waals surface area contributed by atoms with Gasteiger partial charge in [0.2, 0.25) is 5.91 Å². The van der Waals surface area contributed by atoms with Crippen LogP contribution in [0.3, 0.4) is 0 Å². The predicted molar refractivity (Wildman–Crippen MR) is 95.6 cm³/mol. The van der Waals surface area contributed by atoms with E-state index in [2.05, 4.69) is 29.8 Å². The number of nitrogens with one attached hydrogen (secondary N) is 1. The number of amides is 1. The number of para-hydroxylation sites is 1. The minimum absolute atomic E-state index is 0.0375. The first kappa shape index (κ1) is 16.6. The van der Waals surface area contributed by atoms with Crippen LogP contribution in [-0.4, -0.2) is 24.1 Å². The monoisotopic (exact) mass is 326 g/mol. The molecule has 0 bridgehead atoms. The van der Waals surface area contributed by atoms with Crippen LogP contribution < -0.4 is 10.1 Å². The molecule has 0 radical (unpaired) electrons. The first-order valence-corrected chi connectivity index (χ1v) is 8.66. The number of hydrogen-bond donors (Lipinski definition) is 1. The maximum absolute atomic E-state index is 12.2. The molecule has 128 valence electrons. The Morgan fingerprint density at radius 3 is 2.71 bits per heavy atom. The number of carbonyl (C=O) groups excluding carboxylic acids is 1. The van der Waals surface area contributed by atoms with Crippen molar-refractivity contribution in [2.45, 2.75) is 45.6 Å². The van der Waals surface area contributed by atoms with Gasteiger partial charge in [0.1, 0.15) is 5.75 Å². The van der Waals surface area contributed by atoms with E-state index in [-0.39, 0.29) is 5.91 Å². The number of methoxy groups -OCH3 is 1. The lowest BCUT2D eigenvalue weighted by molar-refractivity contribution is -0.120. The Bertz CT molecular complexity index is 729. The van der Waals surface area contributed by atoms with Crippen LogP contribution in [-0.2, 0) is 17.6 Å². The minimum atomic E-state index is 0.0375. The Morgan fingerprint density at radius 2 is 2.00 bits per heavy atom. The van der Waals surface area contributed by atoms with E-state index < -0.39 is 0 Å². The van der Waals surface area contributed by atoms with Crippen LogP contribution in [0.25, 0.3) is 0 Å². The molecule has 24 heavy (non-hydrogen) atoms. The summed E-state index contributed by atoms with van der Waals surface area (Å²) >= 11 is 0. The van der Waals surface area contributed by atoms with Crippen molar-refractivity contribution in [2.24, 2.45) is 0 Å². The molecule has 0 atom stereocenters. The molecule has 1 aromatic heterocycles. The summed E-state index contributed by atoms with van der Waals surface area (Å²) < 4.78 is 7.75. The fourth-order valence-electron chi connectivity index (χ4n) is 3.41. The van der Waals surface area contributed by atoms with Crippen molar-refractivity contribution in [3.8, 4) is 5.75 Å². The van der Waals surface area contributed by atoms with Gasteiger partial charge in [0.15, 0.2) is 0 Å². The predicted octanol–water partition coefficient (Wildman–Crippen LogP) is 3.35. The molecule has 0 saturated heterocycles. The minimum Gasteiger partial charge on any atom is -0.496 e. The third-order valence-corrected chi connectivity index (χ3v) is 4.76. The summed E-state index contributed by atoms with van der Waals surface area (Å²) in [6.45, 7) is 5.04. The van der Waals surface area contributed by atoms with Gasteiger partial charge in [-0.05, 0) is 50.8 Å². The smallest absolute Gasteiger partial charge is 0.224 e. The van der Waals surface area contributed by atoms with E-state index in [9.17, 15) is 4.79 Å². The van der Waals surface area contributed by atoms with E-state index in [0.717, 1.165) is 17.7 Å². The second kappa shape index (κ2) is 7.12. The summed E-state index contributed by atoms with van der Waals surface area (Å²) in [6.07, 6.45) is 3.83. The Morgan fingerprint density at radius 1 is 1.25 bits per heavy atom. The lowest BCUT2D eigenvalue weighted by atomic mass is 10.1. The number of ether oxygens (including phenoxy) is 1. The second-order valence-electron chi connectivity index (χ2n) is 6.59. The Balaban J connectivity index is 1.53. The summed E-state index contributed by atoms with van der Waals surface area (Å²) in [4.78, 5) is 12.2. The average molecular weight is 326 g/mol. The summed E-state index contributed by atoms with van der Waals surface area (Å²) in [5, 5.41) is 3.03. The van der Waals surface area contributed by atoms with Crippen LogP contribution in [0.2, 0.25) is 0 Å². The molecule has 1 heterocycles. The summed E-state index contributed by atoms with van der Waals surface area (Å²) in [7, 11) is 1.63. The number of rotatable bonds is 7. The molecule has 0 unspecified atom stereocenters.